The largest absolute Gasteiger partial charge is 0.481 e. The molecule has 3 aromatic carbocycles. The highest BCUT2D eigenvalue weighted by atomic mass is 35.5. The van der Waals surface area contributed by atoms with Crippen molar-refractivity contribution in [2.45, 2.75) is 57.7 Å². The molecule has 2 N–H and O–H groups in total. The topological polar surface area (TPSA) is 79.3 Å². The highest BCUT2D eigenvalue weighted by Gasteiger charge is 2.35. The Morgan fingerprint density at radius 3 is 2.32 bits per heavy atom. The molecule has 0 amide bonds. The van der Waals surface area contributed by atoms with Crippen molar-refractivity contribution < 1.29 is 27.9 Å². The zero-order chi connectivity index (χ0) is 31.6. The van der Waals surface area contributed by atoms with Crippen LogP contribution in [0.4, 0.5) is 18.9 Å². The Bertz CT molecular complexity index is 1720. The molecule has 1 fully saturated rings. The lowest BCUT2D eigenvalue weighted by atomic mass is 9.90. The van der Waals surface area contributed by atoms with Gasteiger partial charge < -0.3 is 10.4 Å². The molecule has 4 aromatic rings. The molecule has 5 rings (SSSR count). The number of rotatable bonds is 11. The number of carbonyl (C=O) groups excluding carboxylic acids is 1. The van der Waals surface area contributed by atoms with Crippen molar-refractivity contribution in [1.29, 1.82) is 0 Å². The minimum Gasteiger partial charge on any atom is -0.481 e. The minimum atomic E-state index is -4.54. The van der Waals surface area contributed by atoms with Crippen LogP contribution in [0.25, 0.3) is 22.3 Å². The second-order valence-corrected chi connectivity index (χ2v) is 11.8. The number of aromatic nitrogens is 1. The van der Waals surface area contributed by atoms with E-state index in [0.717, 1.165) is 41.2 Å². The summed E-state index contributed by atoms with van der Waals surface area (Å²) in [5.74, 6) is -1.29. The summed E-state index contributed by atoms with van der Waals surface area (Å²) in [5.41, 5.74) is 5.05. The second-order valence-electron chi connectivity index (χ2n) is 11.0. The number of nitrogens with zero attached hydrogens (tertiary/aromatic N) is 1. The van der Waals surface area contributed by atoms with Gasteiger partial charge in [-0.05, 0) is 102 Å². The van der Waals surface area contributed by atoms with Crippen LogP contribution >= 0.6 is 23.2 Å². The Hall–Kier alpha value is -3.88. The van der Waals surface area contributed by atoms with E-state index in [9.17, 15) is 22.8 Å². The standard InChI is InChI=1S/C34H29Cl2F3N2O3/c1-19-13-23(35)8-10-25(19)26-11-9-24(16-30(26)36)40-18-29-27(20-5-6-20)14-22(34(37,38)39)15-28(29)21-7-12-31(41-17-21)32(42)3-2-4-33(43)44/h7-17,20,40H,2-6,18H2,1H3,(H,43,44). The summed E-state index contributed by atoms with van der Waals surface area (Å²) in [4.78, 5) is 27.5. The van der Waals surface area contributed by atoms with Crippen molar-refractivity contribution in [3.8, 4) is 22.3 Å². The molecule has 1 aliphatic carbocycles. The molecule has 1 heterocycles. The molecule has 0 spiro atoms. The molecule has 0 bridgehead atoms. The fraction of sp³-hybridized carbons (Fsp3) is 0.265. The van der Waals surface area contributed by atoms with E-state index in [0.29, 0.717) is 32.4 Å². The Morgan fingerprint density at radius 1 is 0.955 bits per heavy atom. The predicted molar refractivity (Wildman–Crippen MR) is 166 cm³/mol. The maximum atomic E-state index is 14.0. The van der Waals surface area contributed by atoms with Crippen LogP contribution in [0.15, 0.2) is 66.9 Å². The number of carbonyl (C=O) groups is 2. The van der Waals surface area contributed by atoms with Crippen molar-refractivity contribution in [2.75, 3.05) is 5.32 Å². The zero-order valence-corrected chi connectivity index (χ0v) is 25.3. The van der Waals surface area contributed by atoms with Gasteiger partial charge in [-0.1, -0.05) is 41.4 Å². The molecule has 0 atom stereocenters. The number of aryl methyl sites for hydroxylation is 1. The number of carboxylic acids is 1. The number of Topliss-reactive ketones (excluding diaryl/α,β-unsaturated/α-hetero) is 1. The quantitative estimate of drug-likeness (QED) is 0.159. The van der Waals surface area contributed by atoms with Gasteiger partial charge in [-0.2, -0.15) is 13.2 Å². The van der Waals surface area contributed by atoms with Gasteiger partial charge in [-0.3, -0.25) is 14.6 Å². The molecule has 228 valence electrons. The molecule has 1 aliphatic rings. The highest BCUT2D eigenvalue weighted by molar-refractivity contribution is 6.34. The minimum absolute atomic E-state index is 0.0160. The van der Waals surface area contributed by atoms with Crippen LogP contribution in [0.3, 0.4) is 0 Å². The number of carboxylic acid groups (broad SMARTS) is 1. The Kier molecular flexibility index (Phi) is 9.32. The van der Waals surface area contributed by atoms with Crippen LogP contribution in [0.2, 0.25) is 10.0 Å². The van der Waals surface area contributed by atoms with Gasteiger partial charge in [0.15, 0.2) is 5.78 Å². The predicted octanol–water partition coefficient (Wildman–Crippen LogP) is 9.98. The SMILES string of the molecule is Cc1cc(Cl)ccc1-c1ccc(NCc2c(-c3ccc(C(=O)CCCC(=O)O)nc3)cc(C(F)(F)F)cc2C2CC2)cc1Cl. The third kappa shape index (κ3) is 7.42. The molecule has 0 radical (unpaired) electrons. The maximum absolute atomic E-state index is 14.0. The number of ketones is 1. The number of pyridine rings is 1. The van der Waals surface area contributed by atoms with Gasteiger partial charge in [0.1, 0.15) is 5.69 Å². The van der Waals surface area contributed by atoms with Gasteiger partial charge >= 0.3 is 12.1 Å². The third-order valence-corrected chi connectivity index (χ3v) is 8.25. The molecule has 44 heavy (non-hydrogen) atoms. The molecule has 0 aliphatic heterocycles. The van der Waals surface area contributed by atoms with E-state index in [1.54, 1.807) is 18.2 Å². The Labute approximate surface area is 263 Å². The van der Waals surface area contributed by atoms with Crippen LogP contribution in [-0.2, 0) is 17.5 Å². The van der Waals surface area contributed by atoms with Gasteiger partial charge in [0.25, 0.3) is 0 Å². The summed E-state index contributed by atoms with van der Waals surface area (Å²) >= 11 is 12.8. The average Bonchev–Trinajstić information content (AvgIpc) is 3.81. The lowest BCUT2D eigenvalue weighted by Gasteiger charge is -2.20. The van der Waals surface area contributed by atoms with Crippen LogP contribution in [0, 0.1) is 6.92 Å². The average molecular weight is 642 g/mol. The lowest BCUT2D eigenvalue weighted by molar-refractivity contribution is -0.138. The molecule has 0 unspecified atom stereocenters. The van der Waals surface area contributed by atoms with Crippen LogP contribution in [0.5, 0.6) is 0 Å². The highest BCUT2D eigenvalue weighted by Crippen LogP contribution is 2.47. The molecule has 1 aromatic heterocycles. The van der Waals surface area contributed by atoms with Gasteiger partial charge in [-0.15, -0.1) is 0 Å². The van der Waals surface area contributed by atoms with Gasteiger partial charge in [0.05, 0.1) is 10.6 Å². The number of nitrogens with one attached hydrogen (secondary N) is 1. The number of anilines is 1. The zero-order valence-electron chi connectivity index (χ0n) is 23.8. The fourth-order valence-electron chi connectivity index (χ4n) is 5.28. The van der Waals surface area contributed by atoms with Gasteiger partial charge in [0.2, 0.25) is 0 Å². The third-order valence-electron chi connectivity index (χ3n) is 7.70. The van der Waals surface area contributed by atoms with E-state index in [2.05, 4.69) is 10.3 Å². The first-order chi connectivity index (χ1) is 20.9. The second kappa shape index (κ2) is 13.0. The fourth-order valence-corrected chi connectivity index (χ4v) is 5.79. The summed E-state index contributed by atoms with van der Waals surface area (Å²) < 4.78 is 42.0. The van der Waals surface area contributed by atoms with Crippen molar-refractivity contribution in [3.63, 3.8) is 0 Å². The van der Waals surface area contributed by atoms with Gasteiger partial charge in [0, 0.05) is 47.4 Å². The van der Waals surface area contributed by atoms with E-state index < -0.39 is 17.7 Å². The summed E-state index contributed by atoms with van der Waals surface area (Å²) in [5, 5.41) is 13.3. The van der Waals surface area contributed by atoms with Crippen molar-refractivity contribution in [1.82, 2.24) is 4.98 Å². The summed E-state index contributed by atoms with van der Waals surface area (Å²) in [7, 11) is 0. The van der Waals surface area contributed by atoms with Crippen LogP contribution < -0.4 is 5.32 Å². The number of aliphatic carboxylic acids is 1. The van der Waals surface area contributed by atoms with Gasteiger partial charge in [-0.25, -0.2) is 0 Å². The van der Waals surface area contributed by atoms with Crippen molar-refractivity contribution in [3.05, 3.63) is 105 Å². The van der Waals surface area contributed by atoms with Crippen LogP contribution in [0.1, 0.15) is 70.8 Å². The number of alkyl halides is 3. The lowest BCUT2D eigenvalue weighted by Crippen LogP contribution is -2.11. The summed E-state index contributed by atoms with van der Waals surface area (Å²) in [6.07, 6.45) is -1.48. The van der Waals surface area contributed by atoms with E-state index in [1.807, 2.05) is 31.2 Å². The first-order valence-corrected chi connectivity index (χ1v) is 14.9. The molecule has 0 saturated heterocycles. The Morgan fingerprint density at radius 2 is 1.70 bits per heavy atom. The first-order valence-electron chi connectivity index (χ1n) is 14.2. The van der Waals surface area contributed by atoms with Crippen molar-refractivity contribution >= 4 is 40.6 Å². The number of hydrogen-bond donors (Lipinski definition) is 2. The van der Waals surface area contributed by atoms with E-state index >= 15 is 0 Å². The monoisotopic (exact) mass is 640 g/mol. The Balaban J connectivity index is 1.46. The smallest absolute Gasteiger partial charge is 0.416 e. The molecule has 5 nitrogen and oxygen atoms in total. The molecule has 10 heteroatoms. The number of hydrogen-bond acceptors (Lipinski definition) is 4. The van der Waals surface area contributed by atoms with E-state index in [-0.39, 0.29) is 43.2 Å². The molecular weight excluding hydrogens is 612 g/mol. The number of benzene rings is 3. The maximum Gasteiger partial charge on any atom is 0.416 e. The molecule has 1 saturated carbocycles. The van der Waals surface area contributed by atoms with Crippen LogP contribution in [-0.4, -0.2) is 21.8 Å². The number of halogens is 5. The summed E-state index contributed by atoms with van der Waals surface area (Å²) in [6.45, 7) is 2.19. The first kappa shape index (κ1) is 31.5. The summed E-state index contributed by atoms with van der Waals surface area (Å²) in [6, 6.07) is 16.6. The van der Waals surface area contributed by atoms with E-state index in [1.165, 1.54) is 18.3 Å². The van der Waals surface area contributed by atoms with E-state index in [4.69, 9.17) is 28.3 Å². The normalized spacial score (nSPS) is 13.1. The van der Waals surface area contributed by atoms with Crippen molar-refractivity contribution in [2.24, 2.45) is 0 Å². The molecular formula is C34H29Cl2F3N2O3.